The van der Waals surface area contributed by atoms with E-state index in [0.717, 1.165) is 89.9 Å². The lowest BCUT2D eigenvalue weighted by Crippen LogP contribution is -2.30. The molecule has 0 aliphatic carbocycles. The summed E-state index contributed by atoms with van der Waals surface area (Å²) in [5, 5.41) is 0. The lowest BCUT2D eigenvalue weighted by atomic mass is 10.0. The molecule has 0 rings (SSSR count). The topological polar surface area (TPSA) is 78.9 Å². The van der Waals surface area contributed by atoms with Gasteiger partial charge in [0.2, 0.25) is 0 Å². The van der Waals surface area contributed by atoms with Crippen LogP contribution in [0.1, 0.15) is 284 Å². The van der Waals surface area contributed by atoms with Crippen LogP contribution in [0.2, 0.25) is 0 Å². The summed E-state index contributed by atoms with van der Waals surface area (Å²) in [6.45, 7) is 6.59. The van der Waals surface area contributed by atoms with Gasteiger partial charge in [-0.1, -0.05) is 230 Å². The minimum absolute atomic E-state index is 0.0776. The average Bonchev–Trinajstić information content (AvgIpc) is 3.29. The highest BCUT2D eigenvalue weighted by atomic mass is 16.6. The second kappa shape index (κ2) is 53.0. The second-order valence-electron chi connectivity index (χ2n) is 18.5. The number of unbranched alkanes of at least 4 members (excludes halogenated alkanes) is 31. The summed E-state index contributed by atoms with van der Waals surface area (Å²) < 4.78 is 16.8. The molecule has 0 fully saturated rings. The van der Waals surface area contributed by atoms with Crippen molar-refractivity contribution in [3.05, 3.63) is 48.6 Å². The molecular formula is C58H104O6. The number of rotatable bonds is 50. The molecule has 0 aromatic rings. The first-order valence-electron chi connectivity index (χ1n) is 27.6. The van der Waals surface area contributed by atoms with Crippen LogP contribution in [0.3, 0.4) is 0 Å². The Morgan fingerprint density at radius 2 is 0.562 bits per heavy atom. The molecule has 0 aromatic carbocycles. The van der Waals surface area contributed by atoms with Gasteiger partial charge in [-0.2, -0.15) is 0 Å². The van der Waals surface area contributed by atoms with Gasteiger partial charge >= 0.3 is 17.9 Å². The van der Waals surface area contributed by atoms with Gasteiger partial charge in [0.05, 0.1) is 0 Å². The van der Waals surface area contributed by atoms with Gasteiger partial charge < -0.3 is 14.2 Å². The smallest absolute Gasteiger partial charge is 0.306 e. The molecule has 0 unspecified atom stereocenters. The number of hydrogen-bond acceptors (Lipinski definition) is 6. The molecule has 0 saturated carbocycles. The Labute approximate surface area is 397 Å². The average molecular weight is 897 g/mol. The van der Waals surface area contributed by atoms with E-state index in [4.69, 9.17) is 14.2 Å². The molecule has 1 atom stereocenters. The maximum Gasteiger partial charge on any atom is 0.306 e. The molecule has 0 aliphatic rings. The SMILES string of the molecule is CCCCC/C=C\C/C=C\CCCCCCCCCCCC(=O)OC[C@@H](COC(=O)CCCCCCCCCCCCCC)OC(=O)CCCCCCC/C=C\C/C=C\CCCCC. The molecule has 0 heterocycles. The lowest BCUT2D eigenvalue weighted by molar-refractivity contribution is -0.167. The fourth-order valence-electron chi connectivity index (χ4n) is 7.86. The fraction of sp³-hybridized carbons (Fsp3) is 0.810. The molecule has 64 heavy (non-hydrogen) atoms. The molecule has 6 heteroatoms. The van der Waals surface area contributed by atoms with Gasteiger partial charge in [0.15, 0.2) is 6.10 Å². The van der Waals surface area contributed by atoms with Crippen LogP contribution in [0.15, 0.2) is 48.6 Å². The third-order valence-electron chi connectivity index (χ3n) is 12.1. The van der Waals surface area contributed by atoms with Crippen LogP contribution in [0, 0.1) is 0 Å². The molecule has 0 aliphatic heterocycles. The van der Waals surface area contributed by atoms with Gasteiger partial charge in [0.1, 0.15) is 13.2 Å². The molecule has 0 N–H and O–H groups in total. The van der Waals surface area contributed by atoms with E-state index in [0.29, 0.717) is 19.3 Å². The van der Waals surface area contributed by atoms with Crippen molar-refractivity contribution >= 4 is 17.9 Å². The van der Waals surface area contributed by atoms with Gasteiger partial charge in [0.25, 0.3) is 0 Å². The highest BCUT2D eigenvalue weighted by molar-refractivity contribution is 5.71. The van der Waals surface area contributed by atoms with E-state index in [1.165, 1.54) is 154 Å². The molecule has 0 aromatic heterocycles. The van der Waals surface area contributed by atoms with Crippen LogP contribution < -0.4 is 0 Å². The highest BCUT2D eigenvalue weighted by Gasteiger charge is 2.19. The van der Waals surface area contributed by atoms with E-state index >= 15 is 0 Å². The van der Waals surface area contributed by atoms with Crippen molar-refractivity contribution in [1.29, 1.82) is 0 Å². The van der Waals surface area contributed by atoms with E-state index in [1.54, 1.807) is 0 Å². The zero-order valence-corrected chi connectivity index (χ0v) is 42.6. The molecule has 0 bridgehead atoms. The summed E-state index contributed by atoms with van der Waals surface area (Å²) in [5.74, 6) is -0.885. The molecule has 0 amide bonds. The molecule has 372 valence electrons. The van der Waals surface area contributed by atoms with Crippen LogP contribution in [0.5, 0.6) is 0 Å². The Morgan fingerprint density at radius 1 is 0.312 bits per heavy atom. The Balaban J connectivity index is 4.35. The predicted octanol–water partition coefficient (Wildman–Crippen LogP) is 18.3. The molecule has 6 nitrogen and oxygen atoms in total. The van der Waals surface area contributed by atoms with E-state index < -0.39 is 6.10 Å². The molecule has 0 spiro atoms. The number of esters is 3. The summed E-state index contributed by atoms with van der Waals surface area (Å²) in [5.41, 5.74) is 0. The predicted molar refractivity (Wildman–Crippen MR) is 275 cm³/mol. The van der Waals surface area contributed by atoms with E-state index in [9.17, 15) is 14.4 Å². The summed E-state index contributed by atoms with van der Waals surface area (Å²) in [7, 11) is 0. The van der Waals surface area contributed by atoms with Crippen LogP contribution in [0.25, 0.3) is 0 Å². The molecule has 0 radical (unpaired) electrons. The van der Waals surface area contributed by atoms with Crippen molar-refractivity contribution in [2.75, 3.05) is 13.2 Å². The van der Waals surface area contributed by atoms with Crippen molar-refractivity contribution in [2.45, 2.75) is 290 Å². The Kier molecular flexibility index (Phi) is 50.8. The number of carbonyl (C=O) groups excluding carboxylic acids is 3. The zero-order chi connectivity index (χ0) is 46.5. The Morgan fingerprint density at radius 3 is 0.891 bits per heavy atom. The standard InChI is InChI=1S/C58H104O6/c1-4-7-10-13-16-19-22-25-27-28-29-30-32-33-36-39-42-45-48-51-57(60)63-54-55(53-62-56(59)50-47-44-41-38-35-24-21-18-15-12-9-6-3)64-58(61)52-49-46-43-40-37-34-31-26-23-20-17-14-11-8-5-2/h16-17,19-20,25-27,31,55H,4-15,18,21-24,28-30,32-54H2,1-3H3/b19-16-,20-17-,27-25-,31-26-/t55-/m1/s1. The first-order valence-corrected chi connectivity index (χ1v) is 27.6. The monoisotopic (exact) mass is 897 g/mol. The highest BCUT2D eigenvalue weighted by Crippen LogP contribution is 2.15. The number of hydrogen-bond donors (Lipinski definition) is 0. The Hall–Kier alpha value is -2.63. The number of allylic oxidation sites excluding steroid dienone is 8. The second-order valence-corrected chi connectivity index (χ2v) is 18.5. The summed E-state index contributed by atoms with van der Waals surface area (Å²) in [6, 6.07) is 0. The van der Waals surface area contributed by atoms with Gasteiger partial charge in [-0.25, -0.2) is 0 Å². The normalized spacial score (nSPS) is 12.4. The van der Waals surface area contributed by atoms with Gasteiger partial charge in [0, 0.05) is 19.3 Å². The van der Waals surface area contributed by atoms with Gasteiger partial charge in [-0.05, 0) is 83.5 Å². The van der Waals surface area contributed by atoms with Gasteiger partial charge in [-0.15, -0.1) is 0 Å². The van der Waals surface area contributed by atoms with Crippen molar-refractivity contribution in [1.82, 2.24) is 0 Å². The Bertz CT molecular complexity index is 1120. The number of carbonyl (C=O) groups is 3. The number of ether oxygens (including phenoxy) is 3. The van der Waals surface area contributed by atoms with Crippen LogP contribution >= 0.6 is 0 Å². The third kappa shape index (κ3) is 50.4. The van der Waals surface area contributed by atoms with Crippen LogP contribution in [0.4, 0.5) is 0 Å². The maximum absolute atomic E-state index is 12.8. The largest absolute Gasteiger partial charge is 0.462 e. The summed E-state index contributed by atoms with van der Waals surface area (Å²) in [6.07, 6.45) is 63.8. The third-order valence-corrected chi connectivity index (χ3v) is 12.1. The first-order chi connectivity index (χ1) is 31.5. The van der Waals surface area contributed by atoms with Crippen molar-refractivity contribution in [3.63, 3.8) is 0 Å². The van der Waals surface area contributed by atoms with Crippen LogP contribution in [-0.2, 0) is 28.6 Å². The summed E-state index contributed by atoms with van der Waals surface area (Å²) >= 11 is 0. The van der Waals surface area contributed by atoms with E-state index in [1.807, 2.05) is 0 Å². The van der Waals surface area contributed by atoms with Gasteiger partial charge in [-0.3, -0.25) is 14.4 Å². The zero-order valence-electron chi connectivity index (χ0n) is 42.6. The van der Waals surface area contributed by atoms with E-state index in [2.05, 4.69) is 69.4 Å². The molecule has 0 saturated heterocycles. The van der Waals surface area contributed by atoms with Crippen molar-refractivity contribution < 1.29 is 28.6 Å². The first kappa shape index (κ1) is 61.4. The minimum atomic E-state index is -0.779. The summed E-state index contributed by atoms with van der Waals surface area (Å²) in [4.78, 5) is 38.0. The maximum atomic E-state index is 12.8. The molecular weight excluding hydrogens is 793 g/mol. The lowest BCUT2D eigenvalue weighted by Gasteiger charge is -2.18. The van der Waals surface area contributed by atoms with Crippen molar-refractivity contribution in [3.8, 4) is 0 Å². The fourth-order valence-corrected chi connectivity index (χ4v) is 7.86. The van der Waals surface area contributed by atoms with Crippen molar-refractivity contribution in [2.24, 2.45) is 0 Å². The van der Waals surface area contributed by atoms with Crippen LogP contribution in [-0.4, -0.2) is 37.2 Å². The quantitative estimate of drug-likeness (QED) is 0.0262. The minimum Gasteiger partial charge on any atom is -0.462 e. The van der Waals surface area contributed by atoms with E-state index in [-0.39, 0.29) is 31.1 Å².